The monoisotopic (exact) mass is 723 g/mol. The van der Waals surface area contributed by atoms with Crippen LogP contribution in [0.5, 0.6) is 5.75 Å². The van der Waals surface area contributed by atoms with Crippen LogP contribution >= 0.6 is 7.82 Å². The van der Waals surface area contributed by atoms with Gasteiger partial charge in [-0.2, -0.15) is 17.7 Å². The van der Waals surface area contributed by atoms with Crippen molar-refractivity contribution in [1.29, 1.82) is 0 Å². The van der Waals surface area contributed by atoms with Gasteiger partial charge < -0.3 is 38.8 Å². The molecule has 2 N–H and O–H groups in total. The molecule has 1 aromatic heterocycles. The molecule has 0 saturated carbocycles. The molecule has 0 radical (unpaired) electrons. The average molecular weight is 724 g/mol. The van der Waals surface area contributed by atoms with Crippen LogP contribution in [0.2, 0.25) is 0 Å². The third-order valence-electron chi connectivity index (χ3n) is 7.37. The highest BCUT2D eigenvalue weighted by atomic mass is 31.2. The lowest BCUT2D eigenvalue weighted by atomic mass is 9.97. The number of hydrogen-bond donors (Lipinski definition) is 2. The highest BCUT2D eigenvalue weighted by Crippen LogP contribution is 2.37. The molecule has 0 bridgehead atoms. The van der Waals surface area contributed by atoms with Crippen LogP contribution in [0, 0.1) is 24.4 Å². The Bertz CT molecular complexity index is 1790. The largest absolute Gasteiger partial charge is 0.542 e. The van der Waals surface area contributed by atoms with Gasteiger partial charge in [-0.1, -0.05) is 6.07 Å². The summed E-state index contributed by atoms with van der Waals surface area (Å²) in [6.07, 6.45) is -0.902. The van der Waals surface area contributed by atoms with Crippen molar-refractivity contribution in [3.8, 4) is 11.4 Å². The number of aliphatic carboxylic acids is 1. The number of carboxylic acids is 1. The van der Waals surface area contributed by atoms with Crippen LogP contribution in [-0.4, -0.2) is 69.8 Å². The maximum absolute atomic E-state index is 14.0. The van der Waals surface area contributed by atoms with Crippen molar-refractivity contribution in [2.45, 2.75) is 44.9 Å². The zero-order valence-corrected chi connectivity index (χ0v) is 26.6. The number of morpholine rings is 2. The first-order valence-electron chi connectivity index (χ1n) is 14.0. The van der Waals surface area contributed by atoms with E-state index in [1.807, 2.05) is 0 Å². The van der Waals surface area contributed by atoms with Gasteiger partial charge in [-0.25, -0.2) is 26.8 Å². The molecule has 1 amide bonds. The van der Waals surface area contributed by atoms with E-state index in [2.05, 4.69) is 4.52 Å². The van der Waals surface area contributed by atoms with Crippen LogP contribution in [-0.2, 0) is 34.9 Å². The van der Waals surface area contributed by atoms with Gasteiger partial charge in [0.2, 0.25) is 6.73 Å². The number of benzene rings is 2. The predicted octanol–water partition coefficient (Wildman–Crippen LogP) is 2.59. The molecule has 20 heteroatoms. The minimum absolute atomic E-state index is 0.00672. The molecular formula is C29H28F6N3O10P. The molecule has 13 nitrogen and oxygen atoms in total. The Kier molecular flexibility index (Phi) is 11.1. The lowest BCUT2D eigenvalue weighted by Crippen LogP contribution is -2.59. The van der Waals surface area contributed by atoms with E-state index in [0.717, 1.165) is 12.1 Å². The van der Waals surface area contributed by atoms with Crippen molar-refractivity contribution in [3.05, 3.63) is 82.9 Å². The van der Waals surface area contributed by atoms with E-state index in [-0.39, 0.29) is 31.3 Å². The van der Waals surface area contributed by atoms with E-state index in [1.165, 1.54) is 22.7 Å². The first-order valence-corrected chi connectivity index (χ1v) is 15.5. The number of rotatable bonds is 7. The Labute approximate surface area is 273 Å². The minimum Gasteiger partial charge on any atom is -0.542 e. The van der Waals surface area contributed by atoms with E-state index < -0.39 is 61.5 Å². The number of methoxy groups -OCH3 is 1. The number of halogens is 6. The molecule has 3 aromatic rings. The zero-order valence-electron chi connectivity index (χ0n) is 25.7. The number of carboxylic acid groups (broad SMARTS) is 1. The first kappa shape index (κ1) is 37.4. The van der Waals surface area contributed by atoms with Gasteiger partial charge in [0.05, 0.1) is 32.4 Å². The van der Waals surface area contributed by atoms with E-state index in [4.69, 9.17) is 33.9 Å². The van der Waals surface area contributed by atoms with Crippen LogP contribution in [0.3, 0.4) is 0 Å². The standard InChI is InChI=1S/C27H27F3N3O8P.C2HF3O2/c1-15-10-31(13-32(15)14-40-42(35,36)37)21-5-4-17(6-24(21)38-3)7-25-27(34)33-22(16(2)41-25)11-39-12-23(33)18-8-19(28)26(30)20(29)9-18;3-2(4,5)1(6)7/h4-10,13,16,22-23H,11-12,14H2,1-3H3,(H-,35,36,37);(H,6,7)/b25-7-;/t16-,22+,23-;/m0./s1. The van der Waals surface area contributed by atoms with Gasteiger partial charge in [-0.15, -0.1) is 0 Å². The van der Waals surface area contributed by atoms with Gasteiger partial charge in [-0.05, 0) is 48.4 Å². The molecule has 3 atom stereocenters. The average Bonchev–Trinajstić information content (AvgIpc) is 3.40. The quantitative estimate of drug-likeness (QED) is 0.122. The third-order valence-corrected chi connectivity index (χ3v) is 7.82. The topological polar surface area (TPSA) is 164 Å². The molecule has 2 aromatic carbocycles. The number of nitrogens with zero attached hydrogens (tertiary/aromatic N) is 3. The van der Waals surface area contributed by atoms with Crippen molar-refractivity contribution >= 4 is 25.8 Å². The van der Waals surface area contributed by atoms with Crippen molar-refractivity contribution < 1.29 is 78.7 Å². The van der Waals surface area contributed by atoms with Crippen molar-refractivity contribution in [2.75, 3.05) is 20.3 Å². The number of phosphoric ester groups is 1. The van der Waals surface area contributed by atoms with Gasteiger partial charge in [0.25, 0.3) is 12.2 Å². The van der Waals surface area contributed by atoms with Gasteiger partial charge in [0.15, 0.2) is 34.6 Å². The number of phosphoric acid groups is 1. The fourth-order valence-electron chi connectivity index (χ4n) is 5.03. The number of amides is 1. The molecule has 2 fully saturated rings. The number of aromatic nitrogens is 2. The second-order valence-corrected chi connectivity index (χ2v) is 11.9. The Balaban J connectivity index is 0.000000698. The van der Waals surface area contributed by atoms with Gasteiger partial charge in [-0.3, -0.25) is 4.79 Å². The number of carbonyl (C=O) groups excluding carboxylic acids is 2. The second-order valence-electron chi connectivity index (χ2n) is 10.7. The first-order chi connectivity index (χ1) is 22.8. The molecule has 5 rings (SSSR count). The van der Waals surface area contributed by atoms with Gasteiger partial charge in [0, 0.05) is 6.92 Å². The third kappa shape index (κ3) is 8.79. The van der Waals surface area contributed by atoms with Crippen molar-refractivity contribution in [3.63, 3.8) is 0 Å². The molecule has 49 heavy (non-hydrogen) atoms. The maximum atomic E-state index is 14.0. The summed E-state index contributed by atoms with van der Waals surface area (Å²) in [5.74, 6) is -7.43. The Morgan fingerprint density at radius 3 is 2.37 bits per heavy atom. The summed E-state index contributed by atoms with van der Waals surface area (Å²) in [5, 5.41) is 8.78. The fraction of sp³-hybridized carbons (Fsp3) is 0.345. The highest BCUT2D eigenvalue weighted by molar-refractivity contribution is 7.46. The number of aryl methyl sites for hydroxylation is 1. The molecule has 0 aliphatic carbocycles. The Morgan fingerprint density at radius 1 is 1.16 bits per heavy atom. The number of hydrogen-bond acceptors (Lipinski definition) is 8. The second kappa shape index (κ2) is 14.6. The van der Waals surface area contributed by atoms with E-state index in [0.29, 0.717) is 22.7 Å². The van der Waals surface area contributed by atoms with Crippen LogP contribution < -0.4 is 14.4 Å². The molecular weight excluding hydrogens is 695 g/mol. The molecule has 266 valence electrons. The highest BCUT2D eigenvalue weighted by Gasteiger charge is 2.45. The summed E-state index contributed by atoms with van der Waals surface area (Å²) in [4.78, 5) is 41.9. The number of fused-ring (bicyclic) bond motifs is 1. The summed E-state index contributed by atoms with van der Waals surface area (Å²) in [7, 11) is -3.20. The molecule has 2 saturated heterocycles. The van der Waals surface area contributed by atoms with Crippen LogP contribution in [0.1, 0.15) is 29.8 Å². The summed E-state index contributed by atoms with van der Waals surface area (Å²) in [5.41, 5.74) is 1.86. The van der Waals surface area contributed by atoms with Gasteiger partial charge >= 0.3 is 14.0 Å². The van der Waals surface area contributed by atoms with E-state index in [9.17, 15) is 35.7 Å². The van der Waals surface area contributed by atoms with Crippen molar-refractivity contribution in [1.82, 2.24) is 9.47 Å². The Hall–Kier alpha value is -4.42. The SMILES string of the molecule is COc1cc(/C=C2\O[C@@H](C)[C@H]3COC[C@@H](c4cc(F)c(F)c(F)c4)N3C2=O)ccc1-[n+]1cc(C)n(COP(=O)(O)O)c1.O=C([O-])C(F)(F)F. The van der Waals surface area contributed by atoms with Crippen LogP contribution in [0.15, 0.2) is 48.6 Å². The molecule has 2 aliphatic heterocycles. The van der Waals surface area contributed by atoms with Crippen LogP contribution in [0.25, 0.3) is 11.8 Å². The molecule has 3 heterocycles. The minimum atomic E-state index is -5.19. The van der Waals surface area contributed by atoms with E-state index in [1.54, 1.807) is 49.1 Å². The lowest BCUT2D eigenvalue weighted by molar-refractivity contribution is -0.596. The lowest BCUT2D eigenvalue weighted by Gasteiger charge is -2.47. The fourth-order valence-corrected chi connectivity index (χ4v) is 5.30. The zero-order chi connectivity index (χ0) is 36.4. The van der Waals surface area contributed by atoms with E-state index >= 15 is 0 Å². The predicted molar refractivity (Wildman–Crippen MR) is 150 cm³/mol. The number of imidazole rings is 1. The van der Waals surface area contributed by atoms with Crippen molar-refractivity contribution in [2.24, 2.45) is 0 Å². The normalized spacial score (nSPS) is 20.3. The molecule has 2 aliphatic rings. The van der Waals surface area contributed by atoms with Crippen LogP contribution in [0.4, 0.5) is 26.3 Å². The number of carbonyl (C=O) groups is 2. The summed E-state index contributed by atoms with van der Waals surface area (Å²) in [6.45, 7) is 3.23. The molecule has 0 unspecified atom stereocenters. The summed E-state index contributed by atoms with van der Waals surface area (Å²) >= 11 is 0. The number of ether oxygens (including phenoxy) is 3. The number of alkyl halides is 3. The molecule has 0 spiro atoms. The summed E-state index contributed by atoms with van der Waals surface area (Å²) in [6, 6.07) is 5.42. The maximum Gasteiger partial charge on any atom is 0.472 e. The van der Waals surface area contributed by atoms with Gasteiger partial charge in [0.1, 0.15) is 24.0 Å². The Morgan fingerprint density at radius 2 is 1.80 bits per heavy atom. The summed E-state index contributed by atoms with van der Waals surface area (Å²) < 4.78 is 109. The smallest absolute Gasteiger partial charge is 0.472 e.